The van der Waals surface area contributed by atoms with Crippen LogP contribution in [0.2, 0.25) is 0 Å². The maximum atomic E-state index is 13.3. The molecule has 25 heavy (non-hydrogen) atoms. The Kier molecular flexibility index (Phi) is 3.90. The van der Waals surface area contributed by atoms with Crippen LogP contribution in [0.1, 0.15) is 12.0 Å². The number of benzene rings is 3. The molecule has 0 radical (unpaired) electrons. The van der Waals surface area contributed by atoms with Crippen LogP contribution in [0.3, 0.4) is 0 Å². The molecule has 0 fully saturated rings. The number of nitrogens with zero attached hydrogens (tertiary/aromatic N) is 1. The van der Waals surface area contributed by atoms with Crippen LogP contribution in [0.15, 0.2) is 71.9 Å². The van der Waals surface area contributed by atoms with E-state index < -0.39 is 6.10 Å². The van der Waals surface area contributed by atoms with Crippen LogP contribution >= 0.6 is 0 Å². The average molecular weight is 334 g/mol. The van der Waals surface area contributed by atoms with Gasteiger partial charge < -0.3 is 10.2 Å². The third-order valence-electron chi connectivity index (χ3n) is 4.14. The number of halogens is 1. The number of rotatable bonds is 3. The molecule has 4 nitrogen and oxygen atoms in total. The summed E-state index contributed by atoms with van der Waals surface area (Å²) in [6.07, 6.45) is -0.409. The number of anilines is 1. The molecule has 1 atom stereocenters. The van der Waals surface area contributed by atoms with Crippen molar-refractivity contribution in [2.75, 3.05) is 5.32 Å². The van der Waals surface area contributed by atoms with Crippen LogP contribution in [-0.4, -0.2) is 17.7 Å². The van der Waals surface area contributed by atoms with Gasteiger partial charge in [-0.3, -0.25) is 4.79 Å². The first-order valence-corrected chi connectivity index (χ1v) is 7.97. The minimum Gasteiger partial charge on any atom is -0.382 e. The minimum atomic E-state index is -0.718. The Morgan fingerprint density at radius 2 is 1.88 bits per heavy atom. The number of carbonyl (C=O) groups excluding carboxylic acids is 1. The number of amides is 1. The molecule has 0 aromatic heterocycles. The monoisotopic (exact) mass is 334 g/mol. The lowest BCUT2D eigenvalue weighted by Crippen LogP contribution is -2.28. The van der Waals surface area contributed by atoms with Crippen molar-refractivity contribution >= 4 is 28.1 Å². The van der Waals surface area contributed by atoms with E-state index in [9.17, 15) is 9.18 Å². The fourth-order valence-electron chi connectivity index (χ4n) is 2.85. The SMILES string of the molecule is O=C(Nc1ccc2ccccc2c1)[C@H]1CC(c2cccc(F)c2)=NO1. The molecule has 4 rings (SSSR count). The molecule has 0 saturated heterocycles. The molecule has 1 heterocycles. The maximum absolute atomic E-state index is 13.3. The summed E-state index contributed by atoms with van der Waals surface area (Å²) in [5.74, 6) is -0.616. The van der Waals surface area contributed by atoms with E-state index in [0.717, 1.165) is 10.8 Å². The second-order valence-electron chi connectivity index (χ2n) is 5.90. The number of hydrogen-bond acceptors (Lipinski definition) is 3. The summed E-state index contributed by atoms with van der Waals surface area (Å²) in [4.78, 5) is 17.6. The second-order valence-corrected chi connectivity index (χ2v) is 5.90. The number of fused-ring (bicyclic) bond motifs is 1. The summed E-state index contributed by atoms with van der Waals surface area (Å²) in [6.45, 7) is 0. The molecule has 0 saturated carbocycles. The highest BCUT2D eigenvalue weighted by molar-refractivity contribution is 6.06. The van der Waals surface area contributed by atoms with Crippen molar-refractivity contribution in [1.82, 2.24) is 0 Å². The predicted molar refractivity (Wildman–Crippen MR) is 95.0 cm³/mol. The highest BCUT2D eigenvalue weighted by Crippen LogP contribution is 2.21. The highest BCUT2D eigenvalue weighted by atomic mass is 19.1. The fraction of sp³-hybridized carbons (Fsp3) is 0.100. The average Bonchev–Trinajstić information content (AvgIpc) is 3.12. The molecule has 3 aromatic carbocycles. The Hall–Kier alpha value is -3.21. The van der Waals surface area contributed by atoms with Crippen LogP contribution in [0, 0.1) is 5.82 Å². The van der Waals surface area contributed by atoms with Crippen molar-refractivity contribution in [3.63, 3.8) is 0 Å². The Morgan fingerprint density at radius 1 is 1.04 bits per heavy atom. The van der Waals surface area contributed by atoms with Crippen molar-refractivity contribution in [3.8, 4) is 0 Å². The Morgan fingerprint density at radius 3 is 2.72 bits per heavy atom. The van der Waals surface area contributed by atoms with E-state index >= 15 is 0 Å². The standard InChI is InChI=1S/C20H15FN2O2/c21-16-7-3-6-15(10-16)18-12-19(25-23-18)20(24)22-17-9-8-13-4-1-2-5-14(13)11-17/h1-11,19H,12H2,(H,22,24)/t19-/m1/s1. The number of nitrogens with one attached hydrogen (secondary N) is 1. The van der Waals surface area contributed by atoms with Gasteiger partial charge in [-0.2, -0.15) is 0 Å². The molecular formula is C20H15FN2O2. The predicted octanol–water partition coefficient (Wildman–Crippen LogP) is 4.11. The molecule has 1 N–H and O–H groups in total. The normalized spacial score (nSPS) is 16.4. The van der Waals surface area contributed by atoms with Gasteiger partial charge >= 0.3 is 0 Å². The highest BCUT2D eigenvalue weighted by Gasteiger charge is 2.29. The van der Waals surface area contributed by atoms with E-state index in [4.69, 9.17) is 4.84 Å². The zero-order valence-electron chi connectivity index (χ0n) is 13.3. The maximum Gasteiger partial charge on any atom is 0.268 e. The van der Waals surface area contributed by atoms with E-state index in [2.05, 4.69) is 10.5 Å². The molecule has 1 aliphatic rings. The Balaban J connectivity index is 1.45. The lowest BCUT2D eigenvalue weighted by atomic mass is 10.0. The molecule has 0 unspecified atom stereocenters. The van der Waals surface area contributed by atoms with Crippen LogP contribution in [0.4, 0.5) is 10.1 Å². The van der Waals surface area contributed by atoms with Crippen molar-refractivity contribution in [2.24, 2.45) is 5.16 Å². The summed E-state index contributed by atoms with van der Waals surface area (Å²) in [7, 11) is 0. The largest absolute Gasteiger partial charge is 0.382 e. The zero-order chi connectivity index (χ0) is 17.2. The smallest absolute Gasteiger partial charge is 0.268 e. The van der Waals surface area contributed by atoms with Gasteiger partial charge in [-0.05, 0) is 35.0 Å². The molecule has 0 aliphatic carbocycles. The van der Waals surface area contributed by atoms with Crippen LogP contribution in [0.5, 0.6) is 0 Å². The van der Waals surface area contributed by atoms with Gasteiger partial charge in [0, 0.05) is 17.7 Å². The van der Waals surface area contributed by atoms with Crippen LogP contribution in [0.25, 0.3) is 10.8 Å². The van der Waals surface area contributed by atoms with Crippen LogP contribution < -0.4 is 5.32 Å². The minimum absolute atomic E-state index is 0.273. The fourth-order valence-corrected chi connectivity index (χ4v) is 2.85. The molecule has 1 aliphatic heterocycles. The third kappa shape index (κ3) is 3.21. The van der Waals surface area contributed by atoms with Gasteiger partial charge in [0.1, 0.15) is 5.82 Å². The first-order chi connectivity index (χ1) is 12.2. The van der Waals surface area contributed by atoms with E-state index in [1.165, 1.54) is 12.1 Å². The van der Waals surface area contributed by atoms with Gasteiger partial charge in [0.15, 0.2) is 0 Å². The van der Waals surface area contributed by atoms with Gasteiger partial charge in [-0.1, -0.05) is 47.6 Å². The molecule has 3 aromatic rings. The van der Waals surface area contributed by atoms with E-state index in [0.29, 0.717) is 23.4 Å². The first-order valence-electron chi connectivity index (χ1n) is 7.97. The van der Waals surface area contributed by atoms with Crippen molar-refractivity contribution in [1.29, 1.82) is 0 Å². The Labute approximate surface area is 143 Å². The molecular weight excluding hydrogens is 319 g/mol. The second kappa shape index (κ2) is 6.36. The topological polar surface area (TPSA) is 50.7 Å². The molecule has 0 spiro atoms. The molecule has 124 valence electrons. The van der Waals surface area contributed by atoms with E-state index in [-0.39, 0.29) is 11.7 Å². The molecule has 5 heteroatoms. The lowest BCUT2D eigenvalue weighted by Gasteiger charge is -2.10. The Bertz CT molecular complexity index is 984. The quantitative estimate of drug-likeness (QED) is 0.783. The zero-order valence-corrected chi connectivity index (χ0v) is 13.3. The number of hydrogen-bond donors (Lipinski definition) is 1. The van der Waals surface area contributed by atoms with E-state index in [1.54, 1.807) is 12.1 Å². The molecule has 1 amide bonds. The summed E-state index contributed by atoms with van der Waals surface area (Å²) in [5.41, 5.74) is 1.89. The third-order valence-corrected chi connectivity index (χ3v) is 4.14. The van der Waals surface area contributed by atoms with E-state index in [1.807, 2.05) is 42.5 Å². The number of oxime groups is 1. The first kappa shape index (κ1) is 15.3. The van der Waals surface area contributed by atoms with Gasteiger partial charge in [-0.15, -0.1) is 0 Å². The van der Waals surface area contributed by atoms with Crippen molar-refractivity contribution in [2.45, 2.75) is 12.5 Å². The van der Waals surface area contributed by atoms with Crippen molar-refractivity contribution < 1.29 is 14.0 Å². The van der Waals surface area contributed by atoms with Gasteiger partial charge in [-0.25, -0.2) is 4.39 Å². The number of carbonyl (C=O) groups is 1. The van der Waals surface area contributed by atoms with Gasteiger partial charge in [0.05, 0.1) is 5.71 Å². The summed E-state index contributed by atoms with van der Waals surface area (Å²) < 4.78 is 13.3. The van der Waals surface area contributed by atoms with Crippen LogP contribution in [-0.2, 0) is 9.63 Å². The van der Waals surface area contributed by atoms with Crippen molar-refractivity contribution in [3.05, 3.63) is 78.1 Å². The lowest BCUT2D eigenvalue weighted by molar-refractivity contribution is -0.125. The molecule has 0 bridgehead atoms. The summed E-state index contributed by atoms with van der Waals surface area (Å²) in [6, 6.07) is 19.7. The van der Waals surface area contributed by atoms with Gasteiger partial charge in [0.2, 0.25) is 6.10 Å². The summed E-state index contributed by atoms with van der Waals surface area (Å²) in [5, 5.41) is 8.93. The summed E-state index contributed by atoms with van der Waals surface area (Å²) >= 11 is 0. The van der Waals surface area contributed by atoms with Gasteiger partial charge in [0.25, 0.3) is 5.91 Å².